The van der Waals surface area contributed by atoms with E-state index in [1.807, 2.05) is 48.5 Å². The van der Waals surface area contributed by atoms with Crippen LogP contribution >= 0.6 is 11.8 Å². The van der Waals surface area contributed by atoms with Crippen LogP contribution in [0.25, 0.3) is 21.7 Å². The van der Waals surface area contributed by atoms with Gasteiger partial charge in [-0.25, -0.2) is 12.4 Å². The first-order valence-corrected chi connectivity index (χ1v) is 11.5. The van der Waals surface area contributed by atoms with Gasteiger partial charge in [-0.3, -0.25) is 0 Å². The number of para-hydroxylation sites is 1. The van der Waals surface area contributed by atoms with Crippen molar-refractivity contribution < 1.29 is 8.42 Å². The normalized spacial score (nSPS) is 11.9. The molecule has 5 aromatic rings. The summed E-state index contributed by atoms with van der Waals surface area (Å²) in [6, 6.07) is 30.6. The van der Waals surface area contributed by atoms with Crippen molar-refractivity contribution in [3.8, 4) is 0 Å². The molecular formula is C24H17NO2S2. The number of hydrogen-bond donors (Lipinski definition) is 0. The molecule has 0 radical (unpaired) electrons. The second kappa shape index (κ2) is 7.10. The first-order chi connectivity index (χ1) is 14.1. The largest absolute Gasteiger partial charge is 0.268 e. The predicted molar refractivity (Wildman–Crippen MR) is 119 cm³/mol. The van der Waals surface area contributed by atoms with Gasteiger partial charge in [0.15, 0.2) is 0 Å². The quantitative estimate of drug-likeness (QED) is 0.352. The lowest BCUT2D eigenvalue weighted by molar-refractivity contribution is 0.589. The zero-order valence-corrected chi connectivity index (χ0v) is 17.0. The summed E-state index contributed by atoms with van der Waals surface area (Å²) in [5, 5.41) is 3.24. The van der Waals surface area contributed by atoms with Gasteiger partial charge in [0.05, 0.1) is 10.4 Å². The number of nitrogens with zero attached hydrogens (tertiary/aromatic N) is 1. The van der Waals surface area contributed by atoms with Crippen LogP contribution < -0.4 is 0 Å². The van der Waals surface area contributed by atoms with E-state index in [1.165, 1.54) is 3.97 Å². The number of hydrogen-bond acceptors (Lipinski definition) is 3. The third-order valence-electron chi connectivity index (χ3n) is 4.91. The van der Waals surface area contributed by atoms with Gasteiger partial charge in [-0.05, 0) is 35.0 Å². The molecule has 3 nitrogen and oxygen atoms in total. The lowest BCUT2D eigenvalue weighted by atomic mass is 10.1. The van der Waals surface area contributed by atoms with E-state index in [0.29, 0.717) is 5.52 Å². The molecule has 142 valence electrons. The van der Waals surface area contributed by atoms with Crippen molar-refractivity contribution in [3.63, 3.8) is 0 Å². The van der Waals surface area contributed by atoms with Gasteiger partial charge in [0, 0.05) is 21.4 Å². The van der Waals surface area contributed by atoms with Gasteiger partial charge in [-0.15, -0.1) is 0 Å². The average molecular weight is 416 g/mol. The average Bonchev–Trinajstić information content (AvgIpc) is 3.14. The van der Waals surface area contributed by atoms with Crippen LogP contribution in [0.2, 0.25) is 0 Å². The van der Waals surface area contributed by atoms with Crippen molar-refractivity contribution in [1.82, 2.24) is 3.97 Å². The Kier molecular flexibility index (Phi) is 4.42. The van der Waals surface area contributed by atoms with E-state index in [0.717, 1.165) is 25.9 Å². The van der Waals surface area contributed by atoms with Crippen molar-refractivity contribution in [3.05, 3.63) is 103 Å². The fraction of sp³-hybridized carbons (Fsp3) is 0. The molecule has 0 amide bonds. The lowest BCUT2D eigenvalue weighted by Crippen LogP contribution is -2.11. The molecule has 29 heavy (non-hydrogen) atoms. The van der Waals surface area contributed by atoms with Gasteiger partial charge in [0.1, 0.15) is 0 Å². The van der Waals surface area contributed by atoms with Crippen molar-refractivity contribution in [2.24, 2.45) is 0 Å². The molecule has 0 N–H and O–H groups in total. The van der Waals surface area contributed by atoms with Crippen LogP contribution in [0.1, 0.15) is 0 Å². The SMILES string of the molecule is O=S(=O)(c1ccccc1)n1cc(Sc2cccc3ccccc23)c2ccccc21. The van der Waals surface area contributed by atoms with Crippen LogP contribution in [0.4, 0.5) is 0 Å². The Labute approximate surface area is 173 Å². The fourth-order valence-corrected chi connectivity index (χ4v) is 6.09. The molecule has 0 atom stereocenters. The maximum absolute atomic E-state index is 13.3. The second-order valence-corrected chi connectivity index (χ2v) is 9.60. The van der Waals surface area contributed by atoms with E-state index in [4.69, 9.17) is 0 Å². The van der Waals surface area contributed by atoms with Gasteiger partial charge >= 0.3 is 0 Å². The van der Waals surface area contributed by atoms with Gasteiger partial charge in [-0.2, -0.15) is 0 Å². The first-order valence-electron chi connectivity index (χ1n) is 9.21. The van der Waals surface area contributed by atoms with Crippen LogP contribution in [0.15, 0.2) is 118 Å². The highest BCUT2D eigenvalue weighted by Crippen LogP contribution is 2.39. The van der Waals surface area contributed by atoms with Crippen molar-refractivity contribution >= 4 is 43.5 Å². The molecule has 1 aromatic heterocycles. The van der Waals surface area contributed by atoms with E-state index >= 15 is 0 Å². The van der Waals surface area contributed by atoms with Gasteiger partial charge in [0.2, 0.25) is 0 Å². The molecule has 0 fully saturated rings. The summed E-state index contributed by atoms with van der Waals surface area (Å²) >= 11 is 1.59. The minimum atomic E-state index is -3.68. The highest BCUT2D eigenvalue weighted by Gasteiger charge is 2.21. The Hall–Kier alpha value is -3.02. The van der Waals surface area contributed by atoms with E-state index in [9.17, 15) is 8.42 Å². The van der Waals surface area contributed by atoms with Crippen molar-refractivity contribution in [1.29, 1.82) is 0 Å². The zero-order chi connectivity index (χ0) is 19.8. The Morgan fingerprint density at radius 1 is 0.621 bits per heavy atom. The number of fused-ring (bicyclic) bond motifs is 2. The Bertz CT molecular complexity index is 1430. The Morgan fingerprint density at radius 3 is 2.10 bits per heavy atom. The highest BCUT2D eigenvalue weighted by molar-refractivity contribution is 8.00. The van der Waals surface area contributed by atoms with Crippen LogP contribution in [0, 0.1) is 0 Å². The monoisotopic (exact) mass is 415 g/mol. The first kappa shape index (κ1) is 18.0. The van der Waals surface area contributed by atoms with Crippen LogP contribution in [0.3, 0.4) is 0 Å². The number of rotatable bonds is 4. The third kappa shape index (κ3) is 3.12. The topological polar surface area (TPSA) is 39.1 Å². The molecule has 0 aliphatic heterocycles. The minimum Gasteiger partial charge on any atom is -0.240 e. The van der Waals surface area contributed by atoms with Gasteiger partial charge in [-0.1, -0.05) is 84.6 Å². The smallest absolute Gasteiger partial charge is 0.240 e. The van der Waals surface area contributed by atoms with E-state index in [1.54, 1.807) is 42.2 Å². The second-order valence-electron chi connectivity index (χ2n) is 6.70. The maximum atomic E-state index is 13.3. The summed E-state index contributed by atoms with van der Waals surface area (Å²) in [7, 11) is -3.68. The van der Waals surface area contributed by atoms with Gasteiger partial charge < -0.3 is 0 Å². The molecule has 0 aliphatic carbocycles. The molecule has 4 aromatic carbocycles. The summed E-state index contributed by atoms with van der Waals surface area (Å²) in [5.74, 6) is 0. The summed E-state index contributed by atoms with van der Waals surface area (Å²) in [6.07, 6.45) is 1.74. The molecular weight excluding hydrogens is 398 g/mol. The third-order valence-corrected chi connectivity index (χ3v) is 7.72. The Morgan fingerprint density at radius 2 is 1.28 bits per heavy atom. The fourth-order valence-electron chi connectivity index (χ4n) is 3.51. The molecule has 0 spiro atoms. The molecule has 5 heteroatoms. The van der Waals surface area contributed by atoms with Crippen LogP contribution in [-0.2, 0) is 10.0 Å². The summed E-state index contributed by atoms with van der Waals surface area (Å²) in [6.45, 7) is 0. The standard InChI is InChI=1S/C24H17NO2S2/c26-29(27,19-11-2-1-3-12-19)25-17-24(21-14-6-7-15-22(21)25)28-23-16-8-10-18-9-4-5-13-20(18)23/h1-17H. The van der Waals surface area contributed by atoms with Gasteiger partial charge in [0.25, 0.3) is 10.0 Å². The van der Waals surface area contributed by atoms with E-state index in [-0.39, 0.29) is 4.90 Å². The van der Waals surface area contributed by atoms with Crippen molar-refractivity contribution in [2.75, 3.05) is 0 Å². The highest BCUT2D eigenvalue weighted by atomic mass is 32.2. The molecule has 0 saturated carbocycles. The van der Waals surface area contributed by atoms with E-state index in [2.05, 4.69) is 24.3 Å². The van der Waals surface area contributed by atoms with Crippen molar-refractivity contribution in [2.45, 2.75) is 14.7 Å². The lowest BCUT2D eigenvalue weighted by Gasteiger charge is -2.07. The molecule has 0 bridgehead atoms. The van der Waals surface area contributed by atoms with Crippen LogP contribution in [-0.4, -0.2) is 12.4 Å². The predicted octanol–water partition coefficient (Wildman–Crippen LogP) is 6.18. The summed E-state index contributed by atoms with van der Waals surface area (Å²) in [4.78, 5) is 2.29. The minimum absolute atomic E-state index is 0.280. The molecule has 5 rings (SSSR count). The molecule has 1 heterocycles. The summed E-state index contributed by atoms with van der Waals surface area (Å²) in [5.41, 5.74) is 0.680. The van der Waals surface area contributed by atoms with Crippen LogP contribution in [0.5, 0.6) is 0 Å². The Balaban J connectivity index is 1.69. The molecule has 0 unspecified atom stereocenters. The maximum Gasteiger partial charge on any atom is 0.268 e. The number of aromatic nitrogens is 1. The van der Waals surface area contributed by atoms with E-state index < -0.39 is 10.0 Å². The molecule has 0 aliphatic rings. The zero-order valence-electron chi connectivity index (χ0n) is 15.4. The molecule has 0 saturated heterocycles. The number of benzene rings is 4. The summed E-state index contributed by atoms with van der Waals surface area (Å²) < 4.78 is 28.0.